The number of hydrogen-bond donors (Lipinski definition) is 0. The fraction of sp³-hybridized carbons (Fsp3) is 0.474. The fourth-order valence-electron chi connectivity index (χ4n) is 2.23. The van der Waals surface area contributed by atoms with Gasteiger partial charge in [-0.15, -0.1) is 0 Å². The Bertz CT molecular complexity index is 617. The third kappa shape index (κ3) is 3.85. The largest absolute Gasteiger partial charge is 0.493 e. The van der Waals surface area contributed by atoms with E-state index in [-0.39, 0.29) is 0 Å². The Morgan fingerprint density at radius 3 is 2.14 bits per heavy atom. The van der Waals surface area contributed by atoms with Gasteiger partial charge in [0.2, 0.25) is 0 Å². The average Bonchev–Trinajstić information content (AvgIpc) is 2.49. The van der Waals surface area contributed by atoms with Crippen molar-refractivity contribution in [3.63, 3.8) is 0 Å². The molecule has 120 valence electrons. The summed E-state index contributed by atoms with van der Waals surface area (Å²) >= 11 is 0. The van der Waals surface area contributed by atoms with E-state index in [0.717, 1.165) is 28.0 Å². The van der Waals surface area contributed by atoms with Gasteiger partial charge in [-0.1, -0.05) is 45.9 Å². The topological polar surface area (TPSA) is 27.7 Å². The van der Waals surface area contributed by atoms with Gasteiger partial charge in [0.05, 0.1) is 25.7 Å². The van der Waals surface area contributed by atoms with Gasteiger partial charge >= 0.3 is 0 Å². The van der Waals surface area contributed by atoms with Crippen LogP contribution in [0.5, 0.6) is 17.2 Å². The molecule has 0 radical (unpaired) electrons. The molecule has 0 unspecified atom stereocenters. The van der Waals surface area contributed by atoms with Crippen molar-refractivity contribution in [3.8, 4) is 17.2 Å². The molecule has 0 saturated carbocycles. The molecule has 0 aliphatic carbocycles. The SMILES string of the molecule is COc1ccc2cccc(OCC(C)C)c2c1OCC(C)C. The third-order valence-electron chi connectivity index (χ3n) is 3.28. The maximum Gasteiger partial charge on any atom is 0.172 e. The van der Waals surface area contributed by atoms with E-state index in [1.54, 1.807) is 7.11 Å². The van der Waals surface area contributed by atoms with Crippen LogP contribution in [0, 0.1) is 11.8 Å². The lowest BCUT2D eigenvalue weighted by Crippen LogP contribution is -2.08. The Balaban J connectivity index is 2.50. The van der Waals surface area contributed by atoms with E-state index < -0.39 is 0 Å². The molecule has 0 aliphatic rings. The monoisotopic (exact) mass is 302 g/mol. The first kappa shape index (κ1) is 16.5. The van der Waals surface area contributed by atoms with Crippen molar-refractivity contribution in [2.75, 3.05) is 20.3 Å². The van der Waals surface area contributed by atoms with Crippen molar-refractivity contribution < 1.29 is 14.2 Å². The van der Waals surface area contributed by atoms with Gasteiger partial charge < -0.3 is 14.2 Å². The third-order valence-corrected chi connectivity index (χ3v) is 3.28. The molecule has 0 fully saturated rings. The van der Waals surface area contributed by atoms with Crippen LogP contribution in [0.1, 0.15) is 27.7 Å². The molecule has 0 aromatic heterocycles. The van der Waals surface area contributed by atoms with E-state index in [1.165, 1.54) is 0 Å². The highest BCUT2D eigenvalue weighted by atomic mass is 16.5. The Hall–Kier alpha value is -1.90. The summed E-state index contributed by atoms with van der Waals surface area (Å²) in [5.74, 6) is 3.29. The zero-order chi connectivity index (χ0) is 16.1. The second-order valence-electron chi connectivity index (χ2n) is 6.36. The van der Waals surface area contributed by atoms with Gasteiger partial charge in [-0.25, -0.2) is 0 Å². The molecule has 0 amide bonds. The number of ether oxygens (including phenoxy) is 3. The average molecular weight is 302 g/mol. The zero-order valence-electron chi connectivity index (χ0n) is 14.2. The van der Waals surface area contributed by atoms with Crippen LogP contribution in [0.2, 0.25) is 0 Å². The number of rotatable bonds is 7. The smallest absolute Gasteiger partial charge is 0.172 e. The molecule has 0 heterocycles. The number of benzene rings is 2. The highest BCUT2D eigenvalue weighted by Gasteiger charge is 2.15. The van der Waals surface area contributed by atoms with Gasteiger partial charge in [-0.3, -0.25) is 0 Å². The van der Waals surface area contributed by atoms with E-state index in [1.807, 2.05) is 24.3 Å². The van der Waals surface area contributed by atoms with Crippen molar-refractivity contribution >= 4 is 10.8 Å². The quantitative estimate of drug-likeness (QED) is 0.726. The molecule has 0 saturated heterocycles. The molecule has 2 aromatic carbocycles. The van der Waals surface area contributed by atoms with Gasteiger partial charge in [0, 0.05) is 0 Å². The Morgan fingerprint density at radius 2 is 1.50 bits per heavy atom. The Kier molecular flexibility index (Phi) is 5.53. The van der Waals surface area contributed by atoms with E-state index in [0.29, 0.717) is 25.0 Å². The standard InChI is InChI=1S/C19H26O3/c1-13(2)11-21-16-8-6-7-15-9-10-17(20-5)19(18(15)16)22-12-14(3)4/h6-10,13-14H,11-12H2,1-5H3. The van der Waals surface area contributed by atoms with Crippen LogP contribution in [-0.2, 0) is 0 Å². The molecule has 22 heavy (non-hydrogen) atoms. The highest BCUT2D eigenvalue weighted by molar-refractivity contribution is 5.95. The normalized spacial score (nSPS) is 11.2. The first-order valence-electron chi connectivity index (χ1n) is 7.88. The maximum absolute atomic E-state index is 6.05. The lowest BCUT2D eigenvalue weighted by Gasteiger charge is -2.18. The molecule has 0 atom stereocenters. The van der Waals surface area contributed by atoms with E-state index >= 15 is 0 Å². The van der Waals surface area contributed by atoms with Crippen molar-refractivity contribution in [1.82, 2.24) is 0 Å². The lowest BCUT2D eigenvalue weighted by atomic mass is 10.1. The summed E-state index contributed by atoms with van der Waals surface area (Å²) in [6, 6.07) is 10.1. The molecule has 0 spiro atoms. The van der Waals surface area contributed by atoms with Crippen LogP contribution in [-0.4, -0.2) is 20.3 Å². The van der Waals surface area contributed by atoms with Crippen LogP contribution in [0.25, 0.3) is 10.8 Å². The minimum Gasteiger partial charge on any atom is -0.493 e. The molecule has 0 N–H and O–H groups in total. The summed E-state index contributed by atoms with van der Waals surface area (Å²) < 4.78 is 17.5. The molecule has 0 bridgehead atoms. The van der Waals surface area contributed by atoms with E-state index in [2.05, 4.69) is 33.8 Å². The Labute approximate surface area is 133 Å². The fourth-order valence-corrected chi connectivity index (χ4v) is 2.23. The van der Waals surface area contributed by atoms with Gasteiger partial charge in [0.25, 0.3) is 0 Å². The summed E-state index contributed by atoms with van der Waals surface area (Å²) in [5.41, 5.74) is 0. The van der Waals surface area contributed by atoms with Crippen LogP contribution >= 0.6 is 0 Å². The molecule has 0 aliphatic heterocycles. The van der Waals surface area contributed by atoms with Crippen molar-refractivity contribution in [2.24, 2.45) is 11.8 Å². The van der Waals surface area contributed by atoms with Crippen LogP contribution in [0.3, 0.4) is 0 Å². The maximum atomic E-state index is 6.05. The predicted molar refractivity (Wildman–Crippen MR) is 91.2 cm³/mol. The van der Waals surface area contributed by atoms with Crippen molar-refractivity contribution in [2.45, 2.75) is 27.7 Å². The molecular weight excluding hydrogens is 276 g/mol. The number of fused-ring (bicyclic) bond motifs is 1. The van der Waals surface area contributed by atoms with Gasteiger partial charge in [0.1, 0.15) is 5.75 Å². The predicted octanol–water partition coefficient (Wildman–Crippen LogP) is 4.92. The van der Waals surface area contributed by atoms with Gasteiger partial charge in [-0.05, 0) is 29.4 Å². The summed E-state index contributed by atoms with van der Waals surface area (Å²) in [4.78, 5) is 0. The summed E-state index contributed by atoms with van der Waals surface area (Å²) in [6.07, 6.45) is 0. The first-order chi connectivity index (χ1) is 10.5. The summed E-state index contributed by atoms with van der Waals surface area (Å²) in [5, 5.41) is 2.09. The summed E-state index contributed by atoms with van der Waals surface area (Å²) in [6.45, 7) is 9.87. The van der Waals surface area contributed by atoms with E-state index in [4.69, 9.17) is 14.2 Å². The molecule has 3 nitrogen and oxygen atoms in total. The second-order valence-corrected chi connectivity index (χ2v) is 6.36. The van der Waals surface area contributed by atoms with Crippen LogP contribution in [0.15, 0.2) is 30.3 Å². The first-order valence-corrected chi connectivity index (χ1v) is 7.88. The minimum absolute atomic E-state index is 0.448. The van der Waals surface area contributed by atoms with E-state index in [9.17, 15) is 0 Å². The molecular formula is C19H26O3. The van der Waals surface area contributed by atoms with Crippen LogP contribution < -0.4 is 14.2 Å². The van der Waals surface area contributed by atoms with Gasteiger partial charge in [0.15, 0.2) is 11.5 Å². The highest BCUT2D eigenvalue weighted by Crippen LogP contribution is 2.41. The number of hydrogen-bond acceptors (Lipinski definition) is 3. The molecule has 2 rings (SSSR count). The lowest BCUT2D eigenvalue weighted by molar-refractivity contribution is 0.255. The zero-order valence-corrected chi connectivity index (χ0v) is 14.2. The molecule has 3 heteroatoms. The Morgan fingerprint density at radius 1 is 0.818 bits per heavy atom. The van der Waals surface area contributed by atoms with Crippen molar-refractivity contribution in [3.05, 3.63) is 30.3 Å². The van der Waals surface area contributed by atoms with Gasteiger partial charge in [-0.2, -0.15) is 0 Å². The number of methoxy groups -OCH3 is 1. The summed E-state index contributed by atoms with van der Waals surface area (Å²) in [7, 11) is 1.67. The minimum atomic E-state index is 0.448. The molecule has 2 aromatic rings. The second kappa shape index (κ2) is 7.39. The van der Waals surface area contributed by atoms with Crippen LogP contribution in [0.4, 0.5) is 0 Å². The van der Waals surface area contributed by atoms with Crippen molar-refractivity contribution in [1.29, 1.82) is 0 Å².